The molecule has 0 spiro atoms. The number of allylic oxidation sites excluding steroid dienone is 1. The second-order valence-corrected chi connectivity index (χ2v) is 16.2. The molecule has 0 atom stereocenters. The molecule has 0 aliphatic carbocycles. The zero-order valence-electron chi connectivity index (χ0n) is 36.0. The Bertz CT molecular complexity index is 3860. The maximum absolute atomic E-state index is 6.62. The Kier molecular flexibility index (Phi) is 10.3. The lowest BCUT2D eigenvalue weighted by molar-refractivity contribution is 0.668. The van der Waals surface area contributed by atoms with Crippen LogP contribution < -0.4 is 11.5 Å². The van der Waals surface area contributed by atoms with Gasteiger partial charge in [-0.2, -0.15) is 0 Å². The molecule has 0 amide bonds. The highest BCUT2D eigenvalue weighted by Crippen LogP contribution is 2.41. The summed E-state index contributed by atoms with van der Waals surface area (Å²) in [6.07, 6.45) is 5.35. The van der Waals surface area contributed by atoms with Crippen molar-refractivity contribution in [3.05, 3.63) is 217 Å². The number of aromatic nitrogens is 2. The summed E-state index contributed by atoms with van der Waals surface area (Å²) in [5.74, 6) is 0. The lowest BCUT2D eigenvalue weighted by Crippen LogP contribution is -2.06. The fourth-order valence-electron chi connectivity index (χ4n) is 9.48. The molecule has 0 aliphatic rings. The number of hydrogen-bond acceptors (Lipinski definition) is 4. The molecule has 0 bridgehead atoms. The molecule has 0 radical (unpaired) electrons. The van der Waals surface area contributed by atoms with Gasteiger partial charge in [-0.15, -0.1) is 0 Å². The molecule has 4 N–H and O–H groups in total. The molecule has 9 aromatic carbocycles. The lowest BCUT2D eigenvalue weighted by atomic mass is 10.0. The third-order valence-corrected chi connectivity index (χ3v) is 12.5. The third-order valence-electron chi connectivity index (χ3n) is 12.5. The van der Waals surface area contributed by atoms with Crippen molar-refractivity contribution < 1.29 is 8.83 Å². The number of nitrogens with zero attached hydrogens (tertiary/aromatic N) is 2. The highest BCUT2D eigenvalue weighted by molar-refractivity contribution is 6.19. The number of hydrogen-bond donors (Lipinski definition) is 2. The van der Waals surface area contributed by atoms with Gasteiger partial charge in [0.1, 0.15) is 22.3 Å². The van der Waals surface area contributed by atoms with Crippen LogP contribution in [0.15, 0.2) is 215 Å². The monoisotopic (exact) mass is 842 g/mol. The minimum absolute atomic E-state index is 0.381. The van der Waals surface area contributed by atoms with Crippen molar-refractivity contribution in [2.75, 3.05) is 7.05 Å². The molecule has 0 fully saturated rings. The van der Waals surface area contributed by atoms with E-state index in [0.717, 1.165) is 83.7 Å². The van der Waals surface area contributed by atoms with E-state index in [2.05, 4.69) is 203 Å². The molecule has 65 heavy (non-hydrogen) atoms. The van der Waals surface area contributed by atoms with Gasteiger partial charge in [0.05, 0.1) is 28.7 Å². The molecule has 314 valence electrons. The van der Waals surface area contributed by atoms with Crippen molar-refractivity contribution >= 4 is 93.6 Å². The summed E-state index contributed by atoms with van der Waals surface area (Å²) in [6, 6.07) is 70.4. The van der Waals surface area contributed by atoms with Gasteiger partial charge in [0.2, 0.25) is 0 Å². The number of benzene rings is 9. The van der Waals surface area contributed by atoms with E-state index in [9.17, 15) is 0 Å². The average Bonchev–Trinajstić information content (AvgIpc) is 4.10. The molecular formula is C59H46N4O2. The summed E-state index contributed by atoms with van der Waals surface area (Å²) in [5.41, 5.74) is 24.8. The van der Waals surface area contributed by atoms with Crippen LogP contribution in [0.3, 0.4) is 0 Å². The highest BCUT2D eigenvalue weighted by atomic mass is 16.3. The minimum atomic E-state index is 0.381. The van der Waals surface area contributed by atoms with Gasteiger partial charge < -0.3 is 29.4 Å². The summed E-state index contributed by atoms with van der Waals surface area (Å²) in [4.78, 5) is 0. The van der Waals surface area contributed by atoms with Crippen molar-refractivity contribution in [2.45, 2.75) is 13.1 Å². The standard InChI is InChI=1S/C43H27N3O2.C15H14.CH5N/c44-24-45-36-17-15-25(18-31(36)33-21-34-29-11-5-7-13-40(29)47-42(34)22-38(33)45)26-14-16-30-35-20-32-28-10-4-6-12-37(28)46(27-8-2-1-3-9-27)39(32)23-43(35)48-41(30)19-26;1-3-8-14(9-4-1)12-7-13-15-10-5-2-6-11-15;1-2/h1-23H,24,44H2;1-12H,13H2;2H2,1H3/b;12-7+;. The quantitative estimate of drug-likeness (QED) is 0.175. The zero-order valence-corrected chi connectivity index (χ0v) is 36.0. The van der Waals surface area contributed by atoms with Crippen LogP contribution in [0.25, 0.3) is 110 Å². The number of fused-ring (bicyclic) bond motifs is 12. The van der Waals surface area contributed by atoms with Crippen LogP contribution >= 0.6 is 0 Å². The molecule has 6 heteroatoms. The first-order valence-corrected chi connectivity index (χ1v) is 22.0. The maximum Gasteiger partial charge on any atom is 0.137 e. The molecular weight excluding hydrogens is 797 g/mol. The fraction of sp³-hybridized carbons (Fsp3) is 0.0508. The normalized spacial score (nSPS) is 11.7. The molecule has 6 nitrogen and oxygen atoms in total. The summed E-state index contributed by atoms with van der Waals surface area (Å²) >= 11 is 0. The Morgan fingerprint density at radius 1 is 0.415 bits per heavy atom. The molecule has 0 aliphatic heterocycles. The smallest absolute Gasteiger partial charge is 0.137 e. The van der Waals surface area contributed by atoms with E-state index >= 15 is 0 Å². The van der Waals surface area contributed by atoms with Crippen molar-refractivity contribution in [3.8, 4) is 16.8 Å². The second kappa shape index (κ2) is 16.8. The number of rotatable bonds is 6. The largest absolute Gasteiger partial charge is 0.456 e. The molecule has 4 aromatic heterocycles. The molecule has 13 aromatic rings. The van der Waals surface area contributed by atoms with Gasteiger partial charge >= 0.3 is 0 Å². The predicted molar refractivity (Wildman–Crippen MR) is 274 cm³/mol. The highest BCUT2D eigenvalue weighted by Gasteiger charge is 2.18. The lowest BCUT2D eigenvalue weighted by Gasteiger charge is -2.07. The van der Waals surface area contributed by atoms with Gasteiger partial charge in [0, 0.05) is 60.9 Å². The van der Waals surface area contributed by atoms with E-state index in [4.69, 9.17) is 14.6 Å². The first kappa shape index (κ1) is 39.7. The topological polar surface area (TPSA) is 88.2 Å². The molecule has 4 heterocycles. The Hall–Kier alpha value is -8.16. The van der Waals surface area contributed by atoms with Crippen LogP contribution in [-0.2, 0) is 13.1 Å². The summed E-state index contributed by atoms with van der Waals surface area (Å²) in [6.45, 7) is 0.381. The zero-order chi connectivity index (χ0) is 43.9. The van der Waals surface area contributed by atoms with Gasteiger partial charge in [0.25, 0.3) is 0 Å². The predicted octanol–water partition coefficient (Wildman–Crippen LogP) is 14.8. The van der Waals surface area contributed by atoms with E-state index in [1.807, 2.05) is 24.3 Å². The van der Waals surface area contributed by atoms with Gasteiger partial charge in [-0.25, -0.2) is 0 Å². The van der Waals surface area contributed by atoms with E-state index in [0.29, 0.717) is 6.67 Å². The van der Waals surface area contributed by atoms with Gasteiger partial charge in [-0.3, -0.25) is 0 Å². The second-order valence-electron chi connectivity index (χ2n) is 16.2. The van der Waals surface area contributed by atoms with Gasteiger partial charge in [-0.05, 0) is 96.4 Å². The maximum atomic E-state index is 6.62. The van der Waals surface area contributed by atoms with Crippen LogP contribution in [0.5, 0.6) is 0 Å². The molecule has 0 saturated heterocycles. The Morgan fingerprint density at radius 3 is 1.72 bits per heavy atom. The van der Waals surface area contributed by atoms with Crippen LogP contribution in [0, 0.1) is 0 Å². The number of para-hydroxylation sites is 3. The molecule has 0 saturated carbocycles. The molecule has 13 rings (SSSR count). The Morgan fingerprint density at radius 2 is 0.969 bits per heavy atom. The van der Waals surface area contributed by atoms with Crippen LogP contribution in [0.2, 0.25) is 0 Å². The first-order chi connectivity index (χ1) is 32.2. The SMILES string of the molecule is C(=C\c1ccccc1)/Cc1ccccc1.CN.NCn1c2ccc(-c3ccc4c(c3)oc3cc5c(cc34)c3ccccc3n5-c3ccccc3)cc2c2cc3c(cc21)oc1ccccc13. The Balaban J connectivity index is 0.000000234. The summed E-state index contributed by atoms with van der Waals surface area (Å²) in [7, 11) is 1.50. The third kappa shape index (κ3) is 7.02. The van der Waals surface area contributed by atoms with Crippen LogP contribution in [0.4, 0.5) is 0 Å². The van der Waals surface area contributed by atoms with Gasteiger partial charge in [-0.1, -0.05) is 140 Å². The van der Waals surface area contributed by atoms with Crippen molar-refractivity contribution in [2.24, 2.45) is 11.5 Å². The minimum Gasteiger partial charge on any atom is -0.456 e. The average molecular weight is 843 g/mol. The Labute approximate surface area is 375 Å². The first-order valence-electron chi connectivity index (χ1n) is 22.0. The number of nitrogens with two attached hydrogens (primary N) is 2. The van der Waals surface area contributed by atoms with E-state index in [-0.39, 0.29) is 0 Å². The van der Waals surface area contributed by atoms with E-state index in [1.165, 1.54) is 45.2 Å². The van der Waals surface area contributed by atoms with Crippen molar-refractivity contribution in [1.82, 2.24) is 9.13 Å². The van der Waals surface area contributed by atoms with E-state index in [1.54, 1.807) is 0 Å². The van der Waals surface area contributed by atoms with Crippen molar-refractivity contribution in [3.63, 3.8) is 0 Å². The van der Waals surface area contributed by atoms with Gasteiger partial charge in [0.15, 0.2) is 0 Å². The summed E-state index contributed by atoms with van der Waals surface area (Å²) < 4.78 is 17.3. The fourth-order valence-corrected chi connectivity index (χ4v) is 9.48. The van der Waals surface area contributed by atoms with Crippen LogP contribution in [-0.4, -0.2) is 16.2 Å². The summed E-state index contributed by atoms with van der Waals surface area (Å²) in [5, 5.41) is 9.25. The number of furan rings is 2. The van der Waals surface area contributed by atoms with E-state index < -0.39 is 0 Å². The molecule has 0 unspecified atom stereocenters. The van der Waals surface area contributed by atoms with Crippen LogP contribution in [0.1, 0.15) is 11.1 Å². The van der Waals surface area contributed by atoms with Crippen molar-refractivity contribution in [1.29, 1.82) is 0 Å².